The van der Waals surface area contributed by atoms with E-state index in [4.69, 9.17) is 11.6 Å². The molecule has 1 saturated carbocycles. The molecule has 2 fully saturated rings. The number of hydrogen-bond donors (Lipinski definition) is 1. The van der Waals surface area contributed by atoms with E-state index in [1.54, 1.807) is 11.0 Å². The maximum Gasteiger partial charge on any atom is 0.308 e. The molecule has 1 saturated heterocycles. The van der Waals surface area contributed by atoms with Crippen molar-refractivity contribution < 1.29 is 14.7 Å². The largest absolute Gasteiger partial charge is 0.481 e. The highest BCUT2D eigenvalue weighted by molar-refractivity contribution is 6.30. The number of halogens is 1. The van der Waals surface area contributed by atoms with E-state index in [-0.39, 0.29) is 23.7 Å². The monoisotopic (exact) mass is 349 g/mol. The number of aliphatic carboxylic acids is 1. The van der Waals surface area contributed by atoms with Crippen molar-refractivity contribution in [2.24, 2.45) is 23.7 Å². The van der Waals surface area contributed by atoms with Gasteiger partial charge in [0.1, 0.15) is 0 Å². The van der Waals surface area contributed by atoms with Gasteiger partial charge in [0.05, 0.1) is 11.8 Å². The molecule has 24 heavy (non-hydrogen) atoms. The molecule has 1 aliphatic heterocycles. The van der Waals surface area contributed by atoms with Crippen LogP contribution in [0.2, 0.25) is 5.02 Å². The van der Waals surface area contributed by atoms with Crippen molar-refractivity contribution in [3.05, 3.63) is 34.9 Å². The molecule has 0 aromatic heterocycles. The van der Waals surface area contributed by atoms with Crippen LogP contribution in [0.25, 0.3) is 0 Å². The van der Waals surface area contributed by atoms with Crippen LogP contribution in [0.4, 0.5) is 0 Å². The second-order valence-corrected chi connectivity index (χ2v) is 7.90. The number of nitrogens with zero attached hydrogens (tertiary/aromatic N) is 1. The van der Waals surface area contributed by atoms with Gasteiger partial charge in [0, 0.05) is 18.1 Å². The van der Waals surface area contributed by atoms with Gasteiger partial charge in [-0.3, -0.25) is 9.59 Å². The average Bonchev–Trinajstić information content (AvgIpc) is 3.25. The molecule has 3 rings (SSSR count). The van der Waals surface area contributed by atoms with Gasteiger partial charge in [-0.1, -0.05) is 37.6 Å². The number of carboxylic acid groups (broad SMARTS) is 1. The van der Waals surface area contributed by atoms with Crippen LogP contribution in [0.15, 0.2) is 24.3 Å². The Morgan fingerprint density at radius 1 is 1.25 bits per heavy atom. The molecule has 2 aliphatic rings. The van der Waals surface area contributed by atoms with Gasteiger partial charge in [-0.2, -0.15) is 0 Å². The van der Waals surface area contributed by atoms with Gasteiger partial charge in [0.15, 0.2) is 0 Å². The lowest BCUT2D eigenvalue weighted by Crippen LogP contribution is -2.36. The average molecular weight is 350 g/mol. The zero-order chi connectivity index (χ0) is 17.4. The van der Waals surface area contributed by atoms with Gasteiger partial charge >= 0.3 is 5.97 Å². The Hall–Kier alpha value is -1.55. The minimum atomic E-state index is -0.772. The number of benzene rings is 1. The van der Waals surface area contributed by atoms with Crippen molar-refractivity contribution in [3.8, 4) is 0 Å². The van der Waals surface area contributed by atoms with Crippen molar-refractivity contribution in [1.29, 1.82) is 0 Å². The van der Waals surface area contributed by atoms with Gasteiger partial charge in [0.2, 0.25) is 5.91 Å². The van der Waals surface area contributed by atoms with E-state index >= 15 is 0 Å². The van der Waals surface area contributed by atoms with E-state index in [1.807, 2.05) is 32.0 Å². The lowest BCUT2D eigenvalue weighted by atomic mass is 9.87. The molecule has 1 aromatic rings. The zero-order valence-corrected chi connectivity index (χ0v) is 14.9. The first-order valence-electron chi connectivity index (χ1n) is 8.65. The Labute approximate surface area is 147 Å². The summed E-state index contributed by atoms with van der Waals surface area (Å²) in [5, 5.41) is 10.1. The summed E-state index contributed by atoms with van der Waals surface area (Å²) >= 11 is 6.09. The van der Waals surface area contributed by atoms with Crippen LogP contribution < -0.4 is 0 Å². The topological polar surface area (TPSA) is 57.6 Å². The minimum Gasteiger partial charge on any atom is -0.481 e. The number of rotatable bonds is 5. The van der Waals surface area contributed by atoms with Gasteiger partial charge in [-0.25, -0.2) is 0 Å². The molecular formula is C19H24ClNO3. The van der Waals surface area contributed by atoms with E-state index in [0.29, 0.717) is 24.0 Å². The zero-order valence-electron chi connectivity index (χ0n) is 14.1. The standard InChI is InChI=1S/C19H24ClNO3/c1-11(2)17(13-4-3-5-14(20)8-13)18(22)21-9-15(12-6-7-12)16(10-21)19(23)24/h3-5,8,11-12,15-17H,6-7,9-10H2,1-2H3,(H,23,24)/t15-,16+,17?/m1/s1. The summed E-state index contributed by atoms with van der Waals surface area (Å²) in [7, 11) is 0. The Bertz CT molecular complexity index is 641. The number of carboxylic acids is 1. The molecule has 1 aromatic carbocycles. The van der Waals surface area contributed by atoms with Crippen LogP contribution in [0.5, 0.6) is 0 Å². The fourth-order valence-corrected chi connectivity index (χ4v) is 4.18. The third-order valence-electron chi connectivity index (χ3n) is 5.36. The first-order valence-corrected chi connectivity index (χ1v) is 9.03. The van der Waals surface area contributed by atoms with Crippen molar-refractivity contribution in [2.45, 2.75) is 32.6 Å². The number of amides is 1. The van der Waals surface area contributed by atoms with Crippen LogP contribution in [0.1, 0.15) is 38.2 Å². The molecule has 1 aliphatic carbocycles. The highest BCUT2D eigenvalue weighted by Crippen LogP contribution is 2.45. The minimum absolute atomic E-state index is 0.0293. The molecule has 1 amide bonds. The van der Waals surface area contributed by atoms with Gasteiger partial charge < -0.3 is 10.0 Å². The fraction of sp³-hybridized carbons (Fsp3) is 0.579. The maximum absolute atomic E-state index is 13.1. The van der Waals surface area contributed by atoms with Gasteiger partial charge in [-0.05, 0) is 48.3 Å². The maximum atomic E-state index is 13.1. The predicted octanol–water partition coefficient (Wildman–Crippen LogP) is 3.65. The Balaban J connectivity index is 1.82. The molecule has 0 spiro atoms. The first kappa shape index (κ1) is 17.3. The Kier molecular flexibility index (Phi) is 4.86. The summed E-state index contributed by atoms with van der Waals surface area (Å²) in [6, 6.07) is 7.43. The van der Waals surface area contributed by atoms with Crippen LogP contribution >= 0.6 is 11.6 Å². The Morgan fingerprint density at radius 3 is 2.50 bits per heavy atom. The Morgan fingerprint density at radius 2 is 1.96 bits per heavy atom. The van der Waals surface area contributed by atoms with E-state index in [1.165, 1.54) is 0 Å². The quantitative estimate of drug-likeness (QED) is 0.882. The second kappa shape index (κ2) is 6.75. The van der Waals surface area contributed by atoms with Gasteiger partial charge in [-0.15, -0.1) is 0 Å². The third kappa shape index (κ3) is 3.44. The van der Waals surface area contributed by atoms with E-state index in [2.05, 4.69) is 0 Å². The molecule has 1 unspecified atom stereocenters. The second-order valence-electron chi connectivity index (χ2n) is 7.47. The summed E-state index contributed by atoms with van der Waals surface area (Å²) in [5.74, 6) is -0.733. The number of hydrogen-bond acceptors (Lipinski definition) is 2. The first-order chi connectivity index (χ1) is 11.4. The predicted molar refractivity (Wildman–Crippen MR) is 93.0 cm³/mol. The molecular weight excluding hydrogens is 326 g/mol. The third-order valence-corrected chi connectivity index (χ3v) is 5.60. The molecule has 130 valence electrons. The van der Waals surface area contributed by atoms with E-state index in [0.717, 1.165) is 18.4 Å². The molecule has 0 radical (unpaired) electrons. The molecule has 1 N–H and O–H groups in total. The smallest absolute Gasteiger partial charge is 0.308 e. The van der Waals surface area contributed by atoms with Crippen LogP contribution in [0.3, 0.4) is 0 Å². The highest BCUT2D eigenvalue weighted by atomic mass is 35.5. The van der Waals surface area contributed by atoms with Crippen molar-refractivity contribution in [3.63, 3.8) is 0 Å². The molecule has 4 nitrogen and oxygen atoms in total. The lowest BCUT2D eigenvalue weighted by molar-refractivity contribution is -0.142. The SMILES string of the molecule is CC(C)C(C(=O)N1C[C@H](C(=O)O)[C@@H](C2CC2)C1)c1cccc(Cl)c1. The summed E-state index contributed by atoms with van der Waals surface area (Å²) < 4.78 is 0. The number of carbonyl (C=O) groups is 2. The number of carbonyl (C=O) groups excluding carboxylic acids is 1. The van der Waals surface area contributed by atoms with Crippen LogP contribution in [0, 0.1) is 23.7 Å². The highest BCUT2D eigenvalue weighted by Gasteiger charge is 2.47. The fourth-order valence-electron chi connectivity index (χ4n) is 3.98. The summed E-state index contributed by atoms with van der Waals surface area (Å²) in [5.41, 5.74) is 0.907. The van der Waals surface area contributed by atoms with E-state index < -0.39 is 11.9 Å². The van der Waals surface area contributed by atoms with Gasteiger partial charge in [0.25, 0.3) is 0 Å². The van der Waals surface area contributed by atoms with Crippen LogP contribution in [-0.4, -0.2) is 35.0 Å². The number of likely N-dealkylation sites (tertiary alicyclic amines) is 1. The summed E-state index contributed by atoms with van der Waals surface area (Å²) in [6.07, 6.45) is 2.19. The molecule has 3 atom stereocenters. The lowest BCUT2D eigenvalue weighted by Gasteiger charge is -2.26. The summed E-state index contributed by atoms with van der Waals surface area (Å²) in [6.45, 7) is 4.95. The van der Waals surface area contributed by atoms with Crippen molar-refractivity contribution in [2.75, 3.05) is 13.1 Å². The van der Waals surface area contributed by atoms with E-state index in [9.17, 15) is 14.7 Å². The summed E-state index contributed by atoms with van der Waals surface area (Å²) in [4.78, 5) is 26.5. The van der Waals surface area contributed by atoms with Crippen LogP contribution in [-0.2, 0) is 9.59 Å². The molecule has 0 bridgehead atoms. The molecule has 5 heteroatoms. The normalized spacial score (nSPS) is 25.1. The molecule has 1 heterocycles. The van der Waals surface area contributed by atoms with Crippen molar-refractivity contribution in [1.82, 2.24) is 4.90 Å². The van der Waals surface area contributed by atoms with Crippen molar-refractivity contribution >= 4 is 23.5 Å².